The molecule has 0 bridgehead atoms. The lowest BCUT2D eigenvalue weighted by molar-refractivity contribution is 0.394. The predicted molar refractivity (Wildman–Crippen MR) is 90.6 cm³/mol. The smallest absolute Gasteiger partial charge is 0.194 e. The molecule has 0 saturated heterocycles. The molecule has 2 aromatic carbocycles. The average molecular weight is 332 g/mol. The van der Waals surface area contributed by atoms with Crippen LogP contribution >= 0.6 is 0 Å². The Labute approximate surface area is 141 Å². The second kappa shape index (κ2) is 7.42. The zero-order valence-corrected chi connectivity index (χ0v) is 14.0. The monoisotopic (exact) mass is 332 g/mol. The normalized spacial score (nSPS) is 16.9. The highest BCUT2D eigenvalue weighted by atomic mass is 19.2. The first-order chi connectivity index (χ1) is 11.6. The second-order valence-electron chi connectivity index (χ2n) is 6.84. The molecule has 0 amide bonds. The molecule has 24 heavy (non-hydrogen) atoms. The Morgan fingerprint density at radius 1 is 0.958 bits per heavy atom. The van der Waals surface area contributed by atoms with Crippen LogP contribution in [-0.4, -0.2) is 0 Å². The average Bonchev–Trinajstić information content (AvgIpc) is 2.59. The molecule has 2 aromatic rings. The lowest BCUT2D eigenvalue weighted by atomic mass is 9.80. The van der Waals surface area contributed by atoms with E-state index in [2.05, 4.69) is 31.2 Å². The summed E-state index contributed by atoms with van der Waals surface area (Å²) >= 11 is 0. The van der Waals surface area contributed by atoms with Crippen LogP contribution in [0.2, 0.25) is 0 Å². The van der Waals surface area contributed by atoms with Gasteiger partial charge in [-0.3, -0.25) is 0 Å². The van der Waals surface area contributed by atoms with E-state index < -0.39 is 17.5 Å². The molecule has 0 N–H and O–H groups in total. The first-order valence-electron chi connectivity index (χ1n) is 8.81. The van der Waals surface area contributed by atoms with Gasteiger partial charge in [-0.15, -0.1) is 0 Å². The molecule has 3 heteroatoms. The van der Waals surface area contributed by atoms with Crippen LogP contribution in [0.15, 0.2) is 30.3 Å². The Hall–Kier alpha value is -1.77. The molecule has 128 valence electrons. The lowest BCUT2D eigenvalue weighted by Gasteiger charge is -2.25. The highest BCUT2D eigenvalue weighted by molar-refractivity contribution is 5.33. The number of rotatable bonds is 5. The molecule has 0 saturated carbocycles. The van der Waals surface area contributed by atoms with Gasteiger partial charge in [0.25, 0.3) is 0 Å². The van der Waals surface area contributed by atoms with E-state index in [0.29, 0.717) is 29.9 Å². The van der Waals surface area contributed by atoms with Gasteiger partial charge in [-0.05, 0) is 72.8 Å². The fourth-order valence-corrected chi connectivity index (χ4v) is 3.67. The van der Waals surface area contributed by atoms with Crippen molar-refractivity contribution in [1.29, 1.82) is 0 Å². The van der Waals surface area contributed by atoms with Crippen LogP contribution in [0.5, 0.6) is 0 Å². The summed E-state index contributed by atoms with van der Waals surface area (Å²) in [5.41, 5.74) is 3.67. The second-order valence-corrected chi connectivity index (χ2v) is 6.84. The van der Waals surface area contributed by atoms with E-state index in [0.717, 1.165) is 32.1 Å². The molecule has 1 unspecified atom stereocenters. The van der Waals surface area contributed by atoms with Crippen molar-refractivity contribution in [3.05, 3.63) is 70.0 Å². The minimum absolute atomic E-state index is 0.370. The summed E-state index contributed by atoms with van der Waals surface area (Å²) in [4.78, 5) is 0. The first-order valence-corrected chi connectivity index (χ1v) is 8.81. The van der Waals surface area contributed by atoms with Gasteiger partial charge in [0.15, 0.2) is 17.5 Å². The molecule has 1 aliphatic carbocycles. The summed E-state index contributed by atoms with van der Waals surface area (Å²) in [6.45, 7) is 2.17. The Morgan fingerprint density at radius 2 is 1.62 bits per heavy atom. The van der Waals surface area contributed by atoms with Gasteiger partial charge in [0.05, 0.1) is 0 Å². The fraction of sp³-hybridized carbons (Fsp3) is 0.429. The van der Waals surface area contributed by atoms with E-state index >= 15 is 0 Å². The number of benzene rings is 2. The van der Waals surface area contributed by atoms with Gasteiger partial charge in [-0.25, -0.2) is 13.2 Å². The van der Waals surface area contributed by atoms with Crippen LogP contribution in [-0.2, 0) is 25.7 Å². The summed E-state index contributed by atoms with van der Waals surface area (Å²) in [5.74, 6) is -3.00. The van der Waals surface area contributed by atoms with Crippen LogP contribution < -0.4 is 0 Å². The van der Waals surface area contributed by atoms with Crippen molar-refractivity contribution in [3.63, 3.8) is 0 Å². The molecule has 0 spiro atoms. The zero-order valence-electron chi connectivity index (χ0n) is 14.0. The molecule has 0 heterocycles. The molecule has 0 nitrogen and oxygen atoms in total. The van der Waals surface area contributed by atoms with Gasteiger partial charge in [0.1, 0.15) is 0 Å². The maximum absolute atomic E-state index is 13.8. The van der Waals surface area contributed by atoms with Crippen LogP contribution in [0.3, 0.4) is 0 Å². The van der Waals surface area contributed by atoms with Gasteiger partial charge < -0.3 is 0 Å². The first kappa shape index (κ1) is 17.1. The summed E-state index contributed by atoms with van der Waals surface area (Å²) in [6.07, 6.45) is 6.19. The number of halogens is 3. The van der Waals surface area contributed by atoms with Crippen LogP contribution in [0.4, 0.5) is 13.2 Å². The van der Waals surface area contributed by atoms with Crippen molar-refractivity contribution in [2.45, 2.75) is 51.9 Å². The van der Waals surface area contributed by atoms with E-state index in [-0.39, 0.29) is 0 Å². The maximum Gasteiger partial charge on any atom is 0.194 e. The molecular weight excluding hydrogens is 309 g/mol. The third-order valence-corrected chi connectivity index (χ3v) is 5.07. The molecule has 0 aliphatic heterocycles. The Morgan fingerprint density at radius 3 is 2.29 bits per heavy atom. The molecule has 3 rings (SSSR count). The Balaban J connectivity index is 1.62. The van der Waals surface area contributed by atoms with Gasteiger partial charge in [-0.1, -0.05) is 37.6 Å². The SMILES string of the molecule is CCCc1ccc(CCC2CCc3c(cc(F)c(F)c3F)C2)cc1. The van der Waals surface area contributed by atoms with Gasteiger partial charge in [-0.2, -0.15) is 0 Å². The molecule has 1 atom stereocenters. The van der Waals surface area contributed by atoms with Crippen LogP contribution in [0.25, 0.3) is 0 Å². The molecule has 1 aliphatic rings. The van der Waals surface area contributed by atoms with E-state index in [9.17, 15) is 13.2 Å². The van der Waals surface area contributed by atoms with Gasteiger partial charge in [0, 0.05) is 0 Å². The van der Waals surface area contributed by atoms with Crippen molar-refractivity contribution in [2.75, 3.05) is 0 Å². The molecule has 0 radical (unpaired) electrons. The van der Waals surface area contributed by atoms with Crippen molar-refractivity contribution in [1.82, 2.24) is 0 Å². The van der Waals surface area contributed by atoms with E-state index in [1.54, 1.807) is 0 Å². The minimum Gasteiger partial charge on any atom is -0.204 e. The molecule has 0 fully saturated rings. The largest absolute Gasteiger partial charge is 0.204 e. The highest BCUT2D eigenvalue weighted by Gasteiger charge is 2.25. The third kappa shape index (κ3) is 3.66. The van der Waals surface area contributed by atoms with E-state index in [1.807, 2.05) is 0 Å². The quantitative estimate of drug-likeness (QED) is 0.608. The topological polar surface area (TPSA) is 0 Å². The van der Waals surface area contributed by atoms with Gasteiger partial charge in [0.2, 0.25) is 0 Å². The maximum atomic E-state index is 13.8. The summed E-state index contributed by atoms with van der Waals surface area (Å²) in [6, 6.07) is 9.90. The Bertz CT molecular complexity index is 704. The fourth-order valence-electron chi connectivity index (χ4n) is 3.67. The summed E-state index contributed by atoms with van der Waals surface area (Å²) in [7, 11) is 0. The van der Waals surface area contributed by atoms with Crippen molar-refractivity contribution >= 4 is 0 Å². The van der Waals surface area contributed by atoms with Crippen molar-refractivity contribution in [2.24, 2.45) is 5.92 Å². The summed E-state index contributed by atoms with van der Waals surface area (Å²) < 4.78 is 40.6. The molecule has 0 aromatic heterocycles. The van der Waals surface area contributed by atoms with Crippen molar-refractivity contribution in [3.8, 4) is 0 Å². The van der Waals surface area contributed by atoms with E-state index in [4.69, 9.17) is 0 Å². The van der Waals surface area contributed by atoms with Crippen LogP contribution in [0.1, 0.15) is 48.4 Å². The van der Waals surface area contributed by atoms with E-state index in [1.165, 1.54) is 17.2 Å². The highest BCUT2D eigenvalue weighted by Crippen LogP contribution is 2.32. The minimum atomic E-state index is -1.33. The number of fused-ring (bicyclic) bond motifs is 1. The third-order valence-electron chi connectivity index (χ3n) is 5.07. The number of hydrogen-bond acceptors (Lipinski definition) is 0. The lowest BCUT2D eigenvalue weighted by Crippen LogP contribution is -2.18. The number of hydrogen-bond donors (Lipinski definition) is 0. The predicted octanol–water partition coefficient (Wildman–Crippen LogP) is 5.79. The van der Waals surface area contributed by atoms with Crippen molar-refractivity contribution < 1.29 is 13.2 Å². The van der Waals surface area contributed by atoms with Gasteiger partial charge >= 0.3 is 0 Å². The Kier molecular flexibility index (Phi) is 5.27. The summed E-state index contributed by atoms with van der Waals surface area (Å²) in [5, 5.41) is 0. The zero-order chi connectivity index (χ0) is 17.1. The molecular formula is C21H23F3. The standard InChI is InChI=1S/C21H23F3/c1-2-3-14-4-6-15(7-5-14)8-9-16-10-11-18-17(12-16)13-19(22)21(24)20(18)23/h4-7,13,16H,2-3,8-12H2,1H3. The number of aryl methyl sites for hydroxylation is 2. The van der Waals surface area contributed by atoms with Crippen LogP contribution in [0, 0.1) is 23.4 Å².